The Morgan fingerprint density at radius 2 is 2.13 bits per heavy atom. The van der Waals surface area contributed by atoms with Crippen LogP contribution >= 0.6 is 0 Å². The SMILES string of the molecule is Cc1ccc(-c2ccnc(N3CCOC(C(=O)O)C3)n2)c(C)n1. The molecule has 0 bridgehead atoms. The van der Waals surface area contributed by atoms with E-state index in [1.165, 1.54) is 0 Å². The van der Waals surface area contributed by atoms with Gasteiger partial charge in [0.1, 0.15) is 0 Å². The average Bonchev–Trinajstić information content (AvgIpc) is 2.55. The third-order valence-electron chi connectivity index (χ3n) is 3.77. The number of anilines is 1. The summed E-state index contributed by atoms with van der Waals surface area (Å²) in [6.45, 7) is 5.04. The van der Waals surface area contributed by atoms with Crippen LogP contribution in [0.15, 0.2) is 24.4 Å². The van der Waals surface area contributed by atoms with Gasteiger partial charge in [0, 0.05) is 29.7 Å². The highest BCUT2D eigenvalue weighted by Gasteiger charge is 2.27. The molecule has 1 aliphatic heterocycles. The van der Waals surface area contributed by atoms with Crippen molar-refractivity contribution >= 4 is 11.9 Å². The Kier molecular flexibility index (Phi) is 4.20. The van der Waals surface area contributed by atoms with Crippen LogP contribution in [-0.4, -0.2) is 51.8 Å². The smallest absolute Gasteiger partial charge is 0.334 e. The first kappa shape index (κ1) is 15.4. The minimum Gasteiger partial charge on any atom is -0.479 e. The molecule has 1 unspecified atom stereocenters. The van der Waals surface area contributed by atoms with Gasteiger partial charge in [0.05, 0.1) is 18.8 Å². The molecule has 0 aliphatic carbocycles. The minimum absolute atomic E-state index is 0.240. The van der Waals surface area contributed by atoms with Crippen LogP contribution in [0, 0.1) is 13.8 Å². The Morgan fingerprint density at radius 3 is 2.87 bits per heavy atom. The number of pyridine rings is 1. The van der Waals surface area contributed by atoms with Gasteiger partial charge in [0.25, 0.3) is 0 Å². The van der Waals surface area contributed by atoms with Gasteiger partial charge in [0.2, 0.25) is 5.95 Å². The molecule has 2 aromatic rings. The summed E-state index contributed by atoms with van der Waals surface area (Å²) in [5, 5.41) is 9.10. The lowest BCUT2D eigenvalue weighted by atomic mass is 10.1. The van der Waals surface area contributed by atoms with Crippen molar-refractivity contribution in [3.05, 3.63) is 35.8 Å². The Morgan fingerprint density at radius 1 is 1.30 bits per heavy atom. The summed E-state index contributed by atoms with van der Waals surface area (Å²) >= 11 is 0. The van der Waals surface area contributed by atoms with Gasteiger partial charge in [-0.1, -0.05) is 0 Å². The Hall–Kier alpha value is -2.54. The molecule has 120 valence electrons. The molecule has 0 amide bonds. The van der Waals surface area contributed by atoms with Crippen LogP contribution in [0.3, 0.4) is 0 Å². The van der Waals surface area contributed by atoms with Gasteiger partial charge in [0.15, 0.2) is 6.10 Å². The number of carboxylic acids is 1. The summed E-state index contributed by atoms with van der Waals surface area (Å²) in [5.41, 5.74) is 3.58. The molecule has 0 aromatic carbocycles. The largest absolute Gasteiger partial charge is 0.479 e. The lowest BCUT2D eigenvalue weighted by Crippen LogP contribution is -2.46. The predicted molar refractivity (Wildman–Crippen MR) is 84.3 cm³/mol. The summed E-state index contributed by atoms with van der Waals surface area (Å²) in [4.78, 5) is 26.2. The second kappa shape index (κ2) is 6.29. The van der Waals surface area contributed by atoms with E-state index in [1.807, 2.05) is 36.9 Å². The van der Waals surface area contributed by atoms with Gasteiger partial charge in [-0.05, 0) is 32.0 Å². The second-order valence-corrected chi connectivity index (χ2v) is 5.47. The molecule has 1 N–H and O–H groups in total. The zero-order valence-corrected chi connectivity index (χ0v) is 13.1. The molecule has 3 heterocycles. The molecular formula is C16H18N4O3. The van der Waals surface area contributed by atoms with Crippen molar-refractivity contribution in [2.75, 3.05) is 24.6 Å². The highest BCUT2D eigenvalue weighted by Crippen LogP contribution is 2.22. The zero-order valence-electron chi connectivity index (χ0n) is 13.1. The first-order valence-electron chi connectivity index (χ1n) is 7.41. The summed E-state index contributed by atoms with van der Waals surface area (Å²) in [5.74, 6) is -0.457. The van der Waals surface area contributed by atoms with E-state index < -0.39 is 12.1 Å². The predicted octanol–water partition coefficient (Wildman–Crippen LogP) is 1.45. The third-order valence-corrected chi connectivity index (χ3v) is 3.77. The summed E-state index contributed by atoms with van der Waals surface area (Å²) in [6.07, 6.45) is 0.834. The number of aliphatic carboxylic acids is 1. The maximum atomic E-state index is 11.1. The molecule has 1 aliphatic rings. The zero-order chi connectivity index (χ0) is 16.4. The minimum atomic E-state index is -0.968. The Labute approximate surface area is 134 Å². The molecule has 0 spiro atoms. The van der Waals surface area contributed by atoms with Gasteiger partial charge in [-0.15, -0.1) is 0 Å². The van der Waals surface area contributed by atoms with E-state index in [4.69, 9.17) is 9.84 Å². The number of rotatable bonds is 3. The van der Waals surface area contributed by atoms with Crippen molar-refractivity contribution in [2.24, 2.45) is 0 Å². The van der Waals surface area contributed by atoms with Crippen molar-refractivity contribution < 1.29 is 14.6 Å². The quantitative estimate of drug-likeness (QED) is 0.917. The lowest BCUT2D eigenvalue weighted by molar-refractivity contribution is -0.150. The number of carbonyl (C=O) groups is 1. The molecule has 7 nitrogen and oxygen atoms in total. The van der Waals surface area contributed by atoms with E-state index in [0.717, 1.165) is 22.6 Å². The normalized spacial score (nSPS) is 18.0. The maximum Gasteiger partial charge on any atom is 0.334 e. The first-order chi connectivity index (χ1) is 11.0. The van der Waals surface area contributed by atoms with E-state index in [9.17, 15) is 4.79 Å². The standard InChI is InChI=1S/C16H18N4O3/c1-10-3-4-12(11(2)18-10)13-5-6-17-16(19-13)20-7-8-23-14(9-20)15(21)22/h3-6,14H,7-9H2,1-2H3,(H,21,22). The van der Waals surface area contributed by atoms with E-state index in [-0.39, 0.29) is 6.54 Å². The molecule has 23 heavy (non-hydrogen) atoms. The van der Waals surface area contributed by atoms with Crippen molar-refractivity contribution in [2.45, 2.75) is 20.0 Å². The number of hydrogen-bond acceptors (Lipinski definition) is 6. The number of nitrogens with zero attached hydrogens (tertiary/aromatic N) is 4. The number of morpholine rings is 1. The van der Waals surface area contributed by atoms with Gasteiger partial charge in [-0.2, -0.15) is 0 Å². The topological polar surface area (TPSA) is 88.4 Å². The number of carboxylic acid groups (broad SMARTS) is 1. The molecule has 1 atom stereocenters. The summed E-state index contributed by atoms with van der Waals surface area (Å²) in [6, 6.07) is 5.76. The molecule has 1 saturated heterocycles. The van der Waals surface area contributed by atoms with E-state index in [2.05, 4.69) is 15.0 Å². The van der Waals surface area contributed by atoms with Crippen LogP contribution in [0.5, 0.6) is 0 Å². The first-order valence-corrected chi connectivity index (χ1v) is 7.41. The number of aromatic nitrogens is 3. The Balaban J connectivity index is 1.89. The molecule has 7 heteroatoms. The molecular weight excluding hydrogens is 296 g/mol. The van der Waals surface area contributed by atoms with Gasteiger partial charge < -0.3 is 14.7 Å². The van der Waals surface area contributed by atoms with E-state index >= 15 is 0 Å². The second-order valence-electron chi connectivity index (χ2n) is 5.47. The fourth-order valence-electron chi connectivity index (χ4n) is 2.59. The number of aryl methyl sites for hydroxylation is 2. The van der Waals surface area contributed by atoms with Crippen LogP contribution in [0.25, 0.3) is 11.3 Å². The summed E-state index contributed by atoms with van der Waals surface area (Å²) in [7, 11) is 0. The van der Waals surface area contributed by atoms with Crippen molar-refractivity contribution in [3.8, 4) is 11.3 Å². The van der Waals surface area contributed by atoms with Crippen molar-refractivity contribution in [1.29, 1.82) is 0 Å². The van der Waals surface area contributed by atoms with Crippen LogP contribution in [-0.2, 0) is 9.53 Å². The maximum absolute atomic E-state index is 11.1. The van der Waals surface area contributed by atoms with Crippen molar-refractivity contribution in [3.63, 3.8) is 0 Å². The molecule has 0 saturated carbocycles. The van der Waals surface area contributed by atoms with Crippen molar-refractivity contribution in [1.82, 2.24) is 15.0 Å². The van der Waals surface area contributed by atoms with Gasteiger partial charge in [-0.3, -0.25) is 4.98 Å². The number of ether oxygens (including phenoxy) is 1. The van der Waals surface area contributed by atoms with Crippen LogP contribution in [0.1, 0.15) is 11.4 Å². The van der Waals surface area contributed by atoms with E-state index in [1.54, 1.807) is 6.20 Å². The number of hydrogen-bond donors (Lipinski definition) is 1. The Bertz CT molecular complexity index is 735. The summed E-state index contributed by atoms with van der Waals surface area (Å²) < 4.78 is 5.23. The van der Waals surface area contributed by atoms with Gasteiger partial charge >= 0.3 is 5.97 Å². The molecule has 3 rings (SSSR count). The molecule has 1 fully saturated rings. The van der Waals surface area contributed by atoms with Gasteiger partial charge in [-0.25, -0.2) is 14.8 Å². The lowest BCUT2D eigenvalue weighted by Gasteiger charge is -2.30. The van der Waals surface area contributed by atoms with Crippen LogP contribution in [0.4, 0.5) is 5.95 Å². The fraction of sp³-hybridized carbons (Fsp3) is 0.375. The molecule has 2 aromatic heterocycles. The molecule has 0 radical (unpaired) electrons. The van der Waals surface area contributed by atoms with E-state index in [0.29, 0.717) is 19.1 Å². The van der Waals surface area contributed by atoms with Crippen LogP contribution < -0.4 is 4.90 Å². The highest BCUT2D eigenvalue weighted by molar-refractivity contribution is 5.73. The average molecular weight is 314 g/mol. The fourth-order valence-corrected chi connectivity index (χ4v) is 2.59. The monoisotopic (exact) mass is 314 g/mol. The third kappa shape index (κ3) is 3.29. The van der Waals surface area contributed by atoms with Crippen LogP contribution in [0.2, 0.25) is 0 Å². The highest BCUT2D eigenvalue weighted by atomic mass is 16.5.